The van der Waals surface area contributed by atoms with Crippen LogP contribution < -0.4 is 10.1 Å². The van der Waals surface area contributed by atoms with Crippen LogP contribution in [0.5, 0.6) is 5.75 Å². The van der Waals surface area contributed by atoms with Gasteiger partial charge in [0.15, 0.2) is 0 Å². The summed E-state index contributed by atoms with van der Waals surface area (Å²) in [5.74, 6) is 1.07. The van der Waals surface area contributed by atoms with Crippen molar-refractivity contribution in [3.8, 4) is 5.75 Å². The molecule has 1 heterocycles. The van der Waals surface area contributed by atoms with E-state index in [0.717, 1.165) is 31.6 Å². The lowest BCUT2D eigenvalue weighted by atomic mass is 9.97. The number of fused-ring (bicyclic) bond motifs is 1. The highest BCUT2D eigenvalue weighted by atomic mass is 16.5. The first kappa shape index (κ1) is 14.2. The van der Waals surface area contributed by atoms with Gasteiger partial charge in [0.25, 0.3) is 0 Å². The average Bonchev–Trinajstić information content (AvgIpc) is 2.97. The van der Waals surface area contributed by atoms with E-state index < -0.39 is 0 Å². The molecule has 1 unspecified atom stereocenters. The lowest BCUT2D eigenvalue weighted by molar-refractivity contribution is 0.357. The predicted octanol–water partition coefficient (Wildman–Crippen LogP) is 3.82. The number of aryl methyl sites for hydroxylation is 2. The molecule has 0 aromatic heterocycles. The van der Waals surface area contributed by atoms with E-state index >= 15 is 0 Å². The third-order valence-corrected chi connectivity index (χ3v) is 4.30. The lowest BCUT2D eigenvalue weighted by Gasteiger charge is -2.17. The number of ether oxygens (including phenoxy) is 1. The summed E-state index contributed by atoms with van der Waals surface area (Å²) in [6.07, 6.45) is 3.25. The van der Waals surface area contributed by atoms with Crippen molar-refractivity contribution in [2.45, 2.75) is 32.2 Å². The molecule has 1 aliphatic rings. The molecular formula is C19H23NO. The molecule has 1 N–H and O–H groups in total. The molecule has 21 heavy (non-hydrogen) atoms. The van der Waals surface area contributed by atoms with Gasteiger partial charge >= 0.3 is 0 Å². The Balaban J connectivity index is 1.66. The van der Waals surface area contributed by atoms with Gasteiger partial charge in [-0.25, -0.2) is 0 Å². The average molecular weight is 281 g/mol. The van der Waals surface area contributed by atoms with Crippen molar-refractivity contribution >= 4 is 0 Å². The van der Waals surface area contributed by atoms with Crippen molar-refractivity contribution in [1.82, 2.24) is 5.32 Å². The molecule has 0 fully saturated rings. The molecule has 3 rings (SSSR count). The Morgan fingerprint density at radius 1 is 1.14 bits per heavy atom. The highest BCUT2D eigenvalue weighted by Gasteiger charge is 2.13. The fourth-order valence-corrected chi connectivity index (χ4v) is 2.98. The number of hydrogen-bond acceptors (Lipinski definition) is 2. The molecule has 2 heteroatoms. The van der Waals surface area contributed by atoms with Crippen LogP contribution >= 0.6 is 0 Å². The second kappa shape index (κ2) is 6.31. The van der Waals surface area contributed by atoms with Gasteiger partial charge in [-0.1, -0.05) is 42.0 Å². The van der Waals surface area contributed by atoms with Crippen LogP contribution in [0.1, 0.15) is 34.7 Å². The first-order valence-electron chi connectivity index (χ1n) is 7.74. The predicted molar refractivity (Wildman–Crippen MR) is 86.9 cm³/mol. The lowest BCUT2D eigenvalue weighted by Crippen LogP contribution is -2.17. The van der Waals surface area contributed by atoms with E-state index in [2.05, 4.69) is 54.7 Å². The van der Waals surface area contributed by atoms with Crippen molar-refractivity contribution < 1.29 is 4.74 Å². The van der Waals surface area contributed by atoms with Crippen molar-refractivity contribution in [3.05, 3.63) is 64.7 Å². The minimum atomic E-state index is 0.412. The molecule has 0 aliphatic carbocycles. The summed E-state index contributed by atoms with van der Waals surface area (Å²) in [4.78, 5) is 0. The minimum absolute atomic E-state index is 0.412. The second-order valence-corrected chi connectivity index (χ2v) is 5.83. The Labute approximate surface area is 127 Å². The molecule has 2 nitrogen and oxygen atoms in total. The second-order valence-electron chi connectivity index (χ2n) is 5.83. The van der Waals surface area contributed by atoms with Crippen molar-refractivity contribution in [2.24, 2.45) is 0 Å². The quantitative estimate of drug-likeness (QED) is 0.899. The summed E-state index contributed by atoms with van der Waals surface area (Å²) in [5.41, 5.74) is 5.45. The number of nitrogens with one attached hydrogen (secondary N) is 1. The van der Waals surface area contributed by atoms with Gasteiger partial charge in [-0.3, -0.25) is 0 Å². The maximum absolute atomic E-state index is 5.57. The summed E-state index contributed by atoms with van der Waals surface area (Å²) >= 11 is 0. The van der Waals surface area contributed by atoms with Crippen molar-refractivity contribution in [2.75, 3.05) is 13.7 Å². The van der Waals surface area contributed by atoms with Crippen LogP contribution in [0, 0.1) is 6.92 Å². The summed E-state index contributed by atoms with van der Waals surface area (Å²) in [6.45, 7) is 2.96. The molecule has 0 saturated heterocycles. The van der Waals surface area contributed by atoms with Crippen molar-refractivity contribution in [3.63, 3.8) is 0 Å². The number of hydrogen-bond donors (Lipinski definition) is 1. The smallest absolute Gasteiger partial charge is 0.122 e. The SMILES string of the molecule is CNC(CCc1ccc2c(c1)CCO2)c1ccc(C)cc1. The van der Waals surface area contributed by atoms with E-state index in [-0.39, 0.29) is 0 Å². The normalized spacial score (nSPS) is 14.6. The minimum Gasteiger partial charge on any atom is -0.493 e. The van der Waals surface area contributed by atoms with E-state index in [9.17, 15) is 0 Å². The van der Waals surface area contributed by atoms with Crippen LogP contribution in [0.15, 0.2) is 42.5 Å². The molecule has 0 amide bonds. The van der Waals surface area contributed by atoms with E-state index in [0.29, 0.717) is 6.04 Å². The zero-order valence-corrected chi connectivity index (χ0v) is 12.9. The van der Waals surface area contributed by atoms with E-state index in [1.54, 1.807) is 0 Å². The van der Waals surface area contributed by atoms with Crippen LogP contribution in [0.3, 0.4) is 0 Å². The Hall–Kier alpha value is -1.80. The van der Waals surface area contributed by atoms with Crippen LogP contribution in [0.2, 0.25) is 0 Å². The van der Waals surface area contributed by atoms with Gasteiger partial charge in [0.05, 0.1) is 6.61 Å². The highest BCUT2D eigenvalue weighted by Crippen LogP contribution is 2.27. The van der Waals surface area contributed by atoms with Gasteiger partial charge in [-0.2, -0.15) is 0 Å². The first-order chi connectivity index (χ1) is 10.3. The monoisotopic (exact) mass is 281 g/mol. The maximum atomic E-state index is 5.57. The molecule has 0 saturated carbocycles. The summed E-state index contributed by atoms with van der Waals surface area (Å²) in [5, 5.41) is 3.44. The fraction of sp³-hybridized carbons (Fsp3) is 0.368. The fourth-order valence-electron chi connectivity index (χ4n) is 2.98. The number of benzene rings is 2. The standard InChI is InChI=1S/C19H23NO/c1-14-3-7-16(8-4-14)18(20-2)9-5-15-6-10-19-17(13-15)11-12-21-19/h3-4,6-8,10,13,18,20H,5,9,11-12H2,1-2H3. The Morgan fingerprint density at radius 3 is 2.71 bits per heavy atom. The maximum Gasteiger partial charge on any atom is 0.122 e. The Bertz CT molecular complexity index is 603. The van der Waals surface area contributed by atoms with Crippen LogP contribution in [-0.2, 0) is 12.8 Å². The van der Waals surface area contributed by atoms with Gasteiger partial charge in [0.1, 0.15) is 5.75 Å². The summed E-state index contributed by atoms with van der Waals surface area (Å²) in [7, 11) is 2.04. The van der Waals surface area contributed by atoms with Gasteiger partial charge < -0.3 is 10.1 Å². The third kappa shape index (κ3) is 3.27. The van der Waals surface area contributed by atoms with Crippen LogP contribution in [0.25, 0.3) is 0 Å². The summed E-state index contributed by atoms with van der Waals surface area (Å²) < 4.78 is 5.57. The van der Waals surface area contributed by atoms with E-state index in [4.69, 9.17) is 4.74 Å². The largest absolute Gasteiger partial charge is 0.493 e. The van der Waals surface area contributed by atoms with Gasteiger partial charge in [-0.15, -0.1) is 0 Å². The zero-order valence-electron chi connectivity index (χ0n) is 12.9. The van der Waals surface area contributed by atoms with Crippen molar-refractivity contribution in [1.29, 1.82) is 0 Å². The summed E-state index contributed by atoms with van der Waals surface area (Å²) in [6, 6.07) is 15.9. The van der Waals surface area contributed by atoms with Gasteiger partial charge in [0, 0.05) is 12.5 Å². The van der Waals surface area contributed by atoms with E-state index in [1.165, 1.54) is 22.3 Å². The molecule has 110 valence electrons. The molecule has 0 bridgehead atoms. The topological polar surface area (TPSA) is 21.3 Å². The Kier molecular flexibility index (Phi) is 4.26. The molecule has 0 radical (unpaired) electrons. The number of rotatable bonds is 5. The van der Waals surface area contributed by atoms with Crippen LogP contribution in [-0.4, -0.2) is 13.7 Å². The third-order valence-electron chi connectivity index (χ3n) is 4.30. The molecule has 1 atom stereocenters. The van der Waals surface area contributed by atoms with Gasteiger partial charge in [0.2, 0.25) is 0 Å². The molecule has 1 aliphatic heterocycles. The molecule has 2 aromatic carbocycles. The molecule has 2 aromatic rings. The molecule has 0 spiro atoms. The zero-order chi connectivity index (χ0) is 14.7. The van der Waals surface area contributed by atoms with E-state index in [1.807, 2.05) is 7.05 Å². The highest BCUT2D eigenvalue weighted by molar-refractivity contribution is 5.40. The Morgan fingerprint density at radius 2 is 1.95 bits per heavy atom. The van der Waals surface area contributed by atoms with Crippen LogP contribution in [0.4, 0.5) is 0 Å². The first-order valence-corrected chi connectivity index (χ1v) is 7.74. The molecular weight excluding hydrogens is 258 g/mol. The van der Waals surface area contributed by atoms with Gasteiger partial charge in [-0.05, 0) is 49.6 Å².